The van der Waals surface area contributed by atoms with Crippen LogP contribution in [0.3, 0.4) is 0 Å². The highest BCUT2D eigenvalue weighted by molar-refractivity contribution is 5.49. The number of rotatable bonds is 4. The van der Waals surface area contributed by atoms with E-state index in [-0.39, 0.29) is 0 Å². The zero-order valence-electron chi connectivity index (χ0n) is 12.5. The molecule has 1 aromatic rings. The van der Waals surface area contributed by atoms with Crippen molar-refractivity contribution in [1.29, 1.82) is 0 Å². The minimum atomic E-state index is 0.572. The summed E-state index contributed by atoms with van der Waals surface area (Å²) >= 11 is 0. The summed E-state index contributed by atoms with van der Waals surface area (Å²) in [7, 11) is 0. The zero-order valence-corrected chi connectivity index (χ0v) is 12.5. The summed E-state index contributed by atoms with van der Waals surface area (Å²) in [6.07, 6.45) is 1.14. The van der Waals surface area contributed by atoms with Crippen molar-refractivity contribution in [3.05, 3.63) is 33.4 Å². The van der Waals surface area contributed by atoms with E-state index >= 15 is 0 Å². The van der Waals surface area contributed by atoms with Gasteiger partial charge in [-0.2, -0.15) is 0 Å². The van der Waals surface area contributed by atoms with Gasteiger partial charge in [0.1, 0.15) is 0 Å². The highest BCUT2D eigenvalue weighted by atomic mass is 14.9. The standard InChI is InChI=1S/C16H27N/c1-10(2)17-9-8-16-14(6)12(4)11(3)13(5)15(16)7/h10,17H,8-9H2,1-7H3. The molecule has 0 fully saturated rings. The molecule has 0 unspecified atom stereocenters. The molecule has 1 nitrogen and oxygen atoms in total. The first kappa shape index (κ1) is 14.2. The molecule has 0 saturated carbocycles. The van der Waals surface area contributed by atoms with Crippen LogP contribution < -0.4 is 5.32 Å². The normalized spacial score (nSPS) is 11.3. The summed E-state index contributed by atoms with van der Waals surface area (Å²) in [5.74, 6) is 0. The van der Waals surface area contributed by atoms with Gasteiger partial charge in [-0.1, -0.05) is 13.8 Å². The summed E-state index contributed by atoms with van der Waals surface area (Å²) in [6, 6.07) is 0.572. The maximum atomic E-state index is 3.50. The average Bonchev–Trinajstić information content (AvgIpc) is 2.28. The van der Waals surface area contributed by atoms with Crippen molar-refractivity contribution in [2.24, 2.45) is 0 Å². The topological polar surface area (TPSA) is 12.0 Å². The molecule has 0 heterocycles. The third-order valence-corrected chi connectivity index (χ3v) is 4.08. The summed E-state index contributed by atoms with van der Waals surface area (Å²) in [4.78, 5) is 0. The highest BCUT2D eigenvalue weighted by Crippen LogP contribution is 2.26. The summed E-state index contributed by atoms with van der Waals surface area (Å²) in [5, 5.41) is 3.50. The quantitative estimate of drug-likeness (QED) is 0.835. The lowest BCUT2D eigenvalue weighted by atomic mass is 9.88. The smallest absolute Gasteiger partial charge is 0.00105 e. The Labute approximate surface area is 107 Å². The van der Waals surface area contributed by atoms with Crippen LogP contribution in [0.4, 0.5) is 0 Å². The Morgan fingerprint density at radius 2 is 1.18 bits per heavy atom. The van der Waals surface area contributed by atoms with Crippen molar-refractivity contribution in [3.8, 4) is 0 Å². The van der Waals surface area contributed by atoms with E-state index in [0.717, 1.165) is 13.0 Å². The summed E-state index contributed by atoms with van der Waals surface area (Å²) < 4.78 is 0. The predicted octanol–water partition coefficient (Wildman–Crippen LogP) is 3.77. The second-order valence-corrected chi connectivity index (χ2v) is 5.46. The third kappa shape index (κ3) is 3.10. The molecule has 0 radical (unpaired) electrons. The summed E-state index contributed by atoms with van der Waals surface area (Å²) in [5.41, 5.74) is 8.90. The molecule has 0 aliphatic carbocycles. The molecule has 17 heavy (non-hydrogen) atoms. The van der Waals surface area contributed by atoms with Gasteiger partial charge in [-0.3, -0.25) is 0 Å². The molecule has 0 spiro atoms. The van der Waals surface area contributed by atoms with Crippen LogP contribution in [0.5, 0.6) is 0 Å². The number of benzene rings is 1. The molecule has 1 heteroatoms. The molecule has 96 valence electrons. The second-order valence-electron chi connectivity index (χ2n) is 5.46. The molecule has 0 aromatic heterocycles. The first-order chi connectivity index (χ1) is 7.86. The molecule has 0 aliphatic rings. The number of nitrogens with one attached hydrogen (secondary N) is 1. The lowest BCUT2D eigenvalue weighted by Gasteiger charge is -2.19. The van der Waals surface area contributed by atoms with E-state index in [9.17, 15) is 0 Å². The van der Waals surface area contributed by atoms with Gasteiger partial charge in [-0.25, -0.2) is 0 Å². The van der Waals surface area contributed by atoms with Crippen molar-refractivity contribution in [2.45, 2.75) is 60.9 Å². The minimum absolute atomic E-state index is 0.572. The van der Waals surface area contributed by atoms with Crippen LogP contribution in [0, 0.1) is 34.6 Å². The Kier molecular flexibility index (Phi) is 4.76. The average molecular weight is 233 g/mol. The third-order valence-electron chi connectivity index (χ3n) is 4.08. The van der Waals surface area contributed by atoms with Gasteiger partial charge >= 0.3 is 0 Å². The van der Waals surface area contributed by atoms with E-state index in [4.69, 9.17) is 0 Å². The molecule has 0 amide bonds. The van der Waals surface area contributed by atoms with Gasteiger partial charge in [-0.15, -0.1) is 0 Å². The van der Waals surface area contributed by atoms with Crippen LogP contribution in [0.25, 0.3) is 0 Å². The minimum Gasteiger partial charge on any atom is -0.314 e. The molecule has 1 aromatic carbocycles. The van der Waals surface area contributed by atoms with E-state index in [1.165, 1.54) is 27.8 Å². The molecule has 0 atom stereocenters. The van der Waals surface area contributed by atoms with Crippen LogP contribution in [-0.2, 0) is 6.42 Å². The van der Waals surface area contributed by atoms with Crippen LogP contribution >= 0.6 is 0 Å². The Morgan fingerprint density at radius 1 is 0.765 bits per heavy atom. The Morgan fingerprint density at radius 3 is 1.59 bits per heavy atom. The fourth-order valence-electron chi connectivity index (χ4n) is 2.44. The predicted molar refractivity (Wildman–Crippen MR) is 77.0 cm³/mol. The van der Waals surface area contributed by atoms with E-state index in [0.29, 0.717) is 6.04 Å². The fraction of sp³-hybridized carbons (Fsp3) is 0.625. The molecule has 0 aliphatic heterocycles. The number of hydrogen-bond donors (Lipinski definition) is 1. The SMILES string of the molecule is Cc1c(C)c(C)c(CCNC(C)C)c(C)c1C. The largest absolute Gasteiger partial charge is 0.314 e. The lowest BCUT2D eigenvalue weighted by Crippen LogP contribution is -2.25. The van der Waals surface area contributed by atoms with Gasteiger partial charge in [-0.05, 0) is 81.0 Å². The van der Waals surface area contributed by atoms with Crippen molar-refractivity contribution in [2.75, 3.05) is 6.54 Å². The van der Waals surface area contributed by atoms with E-state index in [2.05, 4.69) is 53.8 Å². The van der Waals surface area contributed by atoms with Crippen LogP contribution in [0.15, 0.2) is 0 Å². The van der Waals surface area contributed by atoms with Gasteiger partial charge < -0.3 is 5.32 Å². The second kappa shape index (κ2) is 5.68. The fourth-order valence-corrected chi connectivity index (χ4v) is 2.44. The molecule has 0 saturated heterocycles. The van der Waals surface area contributed by atoms with Crippen molar-refractivity contribution >= 4 is 0 Å². The van der Waals surface area contributed by atoms with Gasteiger partial charge in [0.25, 0.3) is 0 Å². The van der Waals surface area contributed by atoms with Crippen LogP contribution in [0.2, 0.25) is 0 Å². The van der Waals surface area contributed by atoms with Crippen molar-refractivity contribution in [1.82, 2.24) is 5.32 Å². The maximum absolute atomic E-state index is 3.50. The van der Waals surface area contributed by atoms with Gasteiger partial charge in [0.05, 0.1) is 0 Å². The maximum Gasteiger partial charge on any atom is 0.00105 e. The van der Waals surface area contributed by atoms with Crippen LogP contribution in [0.1, 0.15) is 47.2 Å². The Balaban J connectivity index is 2.99. The summed E-state index contributed by atoms with van der Waals surface area (Å²) in [6.45, 7) is 16.7. The van der Waals surface area contributed by atoms with E-state index < -0.39 is 0 Å². The van der Waals surface area contributed by atoms with E-state index in [1.807, 2.05) is 0 Å². The Bertz CT molecular complexity index is 373. The number of hydrogen-bond acceptors (Lipinski definition) is 1. The zero-order chi connectivity index (χ0) is 13.2. The highest BCUT2D eigenvalue weighted by Gasteiger charge is 2.11. The van der Waals surface area contributed by atoms with E-state index in [1.54, 1.807) is 5.56 Å². The van der Waals surface area contributed by atoms with Gasteiger partial charge in [0.15, 0.2) is 0 Å². The Hall–Kier alpha value is -0.820. The van der Waals surface area contributed by atoms with Gasteiger partial charge in [0.2, 0.25) is 0 Å². The monoisotopic (exact) mass is 233 g/mol. The first-order valence-electron chi connectivity index (χ1n) is 6.65. The van der Waals surface area contributed by atoms with Crippen molar-refractivity contribution in [3.63, 3.8) is 0 Å². The van der Waals surface area contributed by atoms with Crippen molar-refractivity contribution < 1.29 is 0 Å². The van der Waals surface area contributed by atoms with Crippen LogP contribution in [-0.4, -0.2) is 12.6 Å². The molecule has 1 rings (SSSR count). The first-order valence-corrected chi connectivity index (χ1v) is 6.65. The molecular weight excluding hydrogens is 206 g/mol. The molecule has 1 N–H and O–H groups in total. The lowest BCUT2D eigenvalue weighted by molar-refractivity contribution is 0.589. The molecule has 0 bridgehead atoms. The molecular formula is C16H27N. The van der Waals surface area contributed by atoms with Gasteiger partial charge in [0, 0.05) is 6.04 Å².